The van der Waals surface area contributed by atoms with Gasteiger partial charge in [0.2, 0.25) is 11.8 Å². The van der Waals surface area contributed by atoms with Crippen LogP contribution in [-0.2, 0) is 9.59 Å². The molecule has 1 aliphatic heterocycles. The highest BCUT2D eigenvalue weighted by atomic mass is 16.3. The minimum absolute atomic E-state index is 0.0549. The van der Waals surface area contributed by atoms with Gasteiger partial charge in [0.25, 0.3) is 0 Å². The molecule has 0 aromatic carbocycles. The Hall–Kier alpha value is -1.36. The Labute approximate surface area is 126 Å². The maximum Gasteiger partial charge on any atom is 0.246 e. The first-order valence-corrected chi connectivity index (χ1v) is 7.84. The number of carbonyl (C=O) groups is 2. The lowest BCUT2D eigenvalue weighted by Gasteiger charge is -2.38. The molecule has 118 valence electrons. The molecule has 2 rings (SSSR count). The zero-order chi connectivity index (χ0) is 15.5. The van der Waals surface area contributed by atoms with Crippen LogP contribution in [0.3, 0.4) is 0 Å². The molecule has 21 heavy (non-hydrogen) atoms. The van der Waals surface area contributed by atoms with Gasteiger partial charge in [-0.25, -0.2) is 0 Å². The molecule has 1 heterocycles. The van der Waals surface area contributed by atoms with Crippen molar-refractivity contribution in [3.63, 3.8) is 0 Å². The summed E-state index contributed by atoms with van der Waals surface area (Å²) < 4.78 is 0. The number of likely N-dealkylation sites (N-methyl/N-ethyl adjacent to an activating group) is 1. The molecule has 0 aromatic heterocycles. The monoisotopic (exact) mass is 294 g/mol. The predicted molar refractivity (Wildman–Crippen MR) is 80.6 cm³/mol. The lowest BCUT2D eigenvalue weighted by molar-refractivity contribution is -0.141. The fraction of sp³-hybridized carbons (Fsp3) is 0.750. The molecule has 1 saturated heterocycles. The quantitative estimate of drug-likeness (QED) is 0.799. The van der Waals surface area contributed by atoms with Crippen LogP contribution in [-0.4, -0.2) is 58.5 Å². The minimum atomic E-state index is -0.438. The molecule has 1 aliphatic carbocycles. The van der Waals surface area contributed by atoms with Crippen LogP contribution >= 0.6 is 0 Å². The van der Waals surface area contributed by atoms with Crippen molar-refractivity contribution in [3.8, 4) is 0 Å². The van der Waals surface area contributed by atoms with Crippen molar-refractivity contribution >= 4 is 11.8 Å². The van der Waals surface area contributed by atoms with Gasteiger partial charge in [0, 0.05) is 19.1 Å². The lowest BCUT2D eigenvalue weighted by Crippen LogP contribution is -2.50. The summed E-state index contributed by atoms with van der Waals surface area (Å²) in [6.07, 6.45) is 8.02. The number of rotatable bonds is 3. The summed E-state index contributed by atoms with van der Waals surface area (Å²) in [5.74, 6) is -0.316. The van der Waals surface area contributed by atoms with Crippen LogP contribution in [0, 0.1) is 0 Å². The molecule has 0 radical (unpaired) electrons. The number of amides is 2. The van der Waals surface area contributed by atoms with Crippen LogP contribution in [0.25, 0.3) is 0 Å². The minimum Gasteiger partial charge on any atom is -0.391 e. The summed E-state index contributed by atoms with van der Waals surface area (Å²) in [7, 11) is 1.61. The summed E-state index contributed by atoms with van der Waals surface area (Å²) in [6.45, 7) is 3.89. The van der Waals surface area contributed by atoms with Gasteiger partial charge in [0.1, 0.15) is 0 Å². The molecule has 0 bridgehead atoms. The summed E-state index contributed by atoms with van der Waals surface area (Å²) in [6, 6.07) is 0. The fourth-order valence-corrected chi connectivity index (χ4v) is 3.77. The van der Waals surface area contributed by atoms with E-state index in [1.54, 1.807) is 7.05 Å². The number of hydrogen-bond donors (Lipinski definition) is 1. The van der Waals surface area contributed by atoms with Gasteiger partial charge in [0.15, 0.2) is 0 Å². The molecule has 2 amide bonds. The third kappa shape index (κ3) is 3.46. The van der Waals surface area contributed by atoms with E-state index >= 15 is 0 Å². The summed E-state index contributed by atoms with van der Waals surface area (Å²) in [5, 5.41) is 10.1. The van der Waals surface area contributed by atoms with Crippen LogP contribution in [0.5, 0.6) is 0 Å². The standard InChI is InChI=1S/C16H26N2O3/c1-3-14(20)17(2)12-15(21)18-11-13(19)10-16(18)8-6-4-5-7-9-16/h3,13,19H,1,4-12H2,2H3. The molecule has 1 atom stereocenters. The van der Waals surface area contributed by atoms with E-state index in [1.165, 1.54) is 23.8 Å². The van der Waals surface area contributed by atoms with Gasteiger partial charge in [-0.15, -0.1) is 0 Å². The molecule has 5 heteroatoms. The van der Waals surface area contributed by atoms with Gasteiger partial charge < -0.3 is 14.9 Å². The Bertz CT molecular complexity index is 414. The third-order valence-corrected chi connectivity index (χ3v) is 4.84. The third-order valence-electron chi connectivity index (χ3n) is 4.84. The second kappa shape index (κ2) is 6.60. The number of aliphatic hydroxyl groups excluding tert-OH is 1. The number of nitrogens with zero attached hydrogens (tertiary/aromatic N) is 2. The topological polar surface area (TPSA) is 60.9 Å². The molecule has 1 spiro atoms. The van der Waals surface area contributed by atoms with Gasteiger partial charge in [-0.2, -0.15) is 0 Å². The average Bonchev–Trinajstić information content (AvgIpc) is 2.62. The van der Waals surface area contributed by atoms with Gasteiger partial charge in [-0.3, -0.25) is 9.59 Å². The highest BCUT2D eigenvalue weighted by Gasteiger charge is 2.47. The first kappa shape index (κ1) is 16.0. The maximum atomic E-state index is 12.6. The molecule has 0 aromatic rings. The lowest BCUT2D eigenvalue weighted by atomic mass is 9.87. The largest absolute Gasteiger partial charge is 0.391 e. The summed E-state index contributed by atoms with van der Waals surface area (Å²) in [4.78, 5) is 27.4. The molecule has 2 fully saturated rings. The number of likely N-dealkylation sites (tertiary alicyclic amines) is 1. The van der Waals surface area contributed by atoms with Gasteiger partial charge >= 0.3 is 0 Å². The molecular weight excluding hydrogens is 268 g/mol. The van der Waals surface area contributed by atoms with Gasteiger partial charge in [-0.1, -0.05) is 32.3 Å². The van der Waals surface area contributed by atoms with E-state index in [-0.39, 0.29) is 23.9 Å². The zero-order valence-electron chi connectivity index (χ0n) is 12.9. The molecule has 1 unspecified atom stereocenters. The van der Waals surface area contributed by atoms with Crippen molar-refractivity contribution in [3.05, 3.63) is 12.7 Å². The van der Waals surface area contributed by atoms with E-state index in [1.807, 2.05) is 4.90 Å². The Morgan fingerprint density at radius 1 is 1.33 bits per heavy atom. The van der Waals surface area contributed by atoms with Gasteiger partial charge in [-0.05, 0) is 25.3 Å². The molecule has 1 N–H and O–H groups in total. The number of hydrogen-bond acceptors (Lipinski definition) is 3. The fourth-order valence-electron chi connectivity index (χ4n) is 3.77. The van der Waals surface area contributed by atoms with Crippen LogP contribution in [0.15, 0.2) is 12.7 Å². The Morgan fingerprint density at radius 2 is 1.95 bits per heavy atom. The Kier molecular flexibility index (Phi) is 5.04. The molecule has 1 saturated carbocycles. The normalized spacial score (nSPS) is 24.7. The predicted octanol–water partition coefficient (Wildman–Crippen LogP) is 1.32. The summed E-state index contributed by atoms with van der Waals surface area (Å²) >= 11 is 0. The van der Waals surface area contributed by atoms with Crippen LogP contribution in [0.1, 0.15) is 44.9 Å². The number of carbonyl (C=O) groups excluding carboxylic acids is 2. The molecular formula is C16H26N2O3. The highest BCUT2D eigenvalue weighted by Crippen LogP contribution is 2.40. The van der Waals surface area contributed by atoms with E-state index < -0.39 is 6.10 Å². The average molecular weight is 294 g/mol. The van der Waals surface area contributed by atoms with Crippen molar-refractivity contribution in [2.45, 2.75) is 56.6 Å². The van der Waals surface area contributed by atoms with E-state index in [0.717, 1.165) is 25.7 Å². The molecule has 2 aliphatic rings. The first-order valence-electron chi connectivity index (χ1n) is 7.84. The Balaban J connectivity index is 2.10. The van der Waals surface area contributed by atoms with E-state index in [0.29, 0.717) is 13.0 Å². The first-order chi connectivity index (χ1) is 9.98. The van der Waals surface area contributed by atoms with Crippen molar-refractivity contribution in [2.24, 2.45) is 0 Å². The van der Waals surface area contributed by atoms with E-state index in [9.17, 15) is 14.7 Å². The number of aliphatic hydroxyl groups is 1. The van der Waals surface area contributed by atoms with Crippen LogP contribution in [0.4, 0.5) is 0 Å². The maximum absolute atomic E-state index is 12.6. The number of β-amino-alcohol motifs (C(OH)–C–C–N with tert-alkyl or cyclic N) is 1. The highest BCUT2D eigenvalue weighted by molar-refractivity contribution is 5.90. The van der Waals surface area contributed by atoms with Crippen molar-refractivity contribution < 1.29 is 14.7 Å². The second-order valence-corrected chi connectivity index (χ2v) is 6.40. The zero-order valence-corrected chi connectivity index (χ0v) is 12.9. The van der Waals surface area contributed by atoms with E-state index in [4.69, 9.17) is 0 Å². The smallest absolute Gasteiger partial charge is 0.246 e. The SMILES string of the molecule is C=CC(=O)N(C)CC(=O)N1CC(O)CC12CCCCCC2. The summed E-state index contributed by atoms with van der Waals surface area (Å²) in [5.41, 5.74) is -0.189. The Morgan fingerprint density at radius 3 is 2.52 bits per heavy atom. The van der Waals surface area contributed by atoms with E-state index in [2.05, 4.69) is 6.58 Å². The van der Waals surface area contributed by atoms with Crippen molar-refractivity contribution in [2.75, 3.05) is 20.1 Å². The van der Waals surface area contributed by atoms with Crippen LogP contribution in [0.2, 0.25) is 0 Å². The van der Waals surface area contributed by atoms with Gasteiger partial charge in [0.05, 0.1) is 12.6 Å². The van der Waals surface area contributed by atoms with Crippen LogP contribution < -0.4 is 0 Å². The van der Waals surface area contributed by atoms with Crippen molar-refractivity contribution in [1.82, 2.24) is 9.80 Å². The molecule has 5 nitrogen and oxygen atoms in total. The van der Waals surface area contributed by atoms with Crippen molar-refractivity contribution in [1.29, 1.82) is 0 Å². The second-order valence-electron chi connectivity index (χ2n) is 6.40.